The number of carbonyl (C=O) groups is 3. The van der Waals surface area contributed by atoms with E-state index < -0.39 is 99.0 Å². The molecule has 0 amide bonds. The summed E-state index contributed by atoms with van der Waals surface area (Å²) < 4.78 is 44.0. The minimum Gasteiger partial charge on any atom is -0.508 e. The molecule has 0 radical (unpaired) electrons. The molecule has 1 aromatic rings. The number of alkyl halides is 3. The molecule has 12 heteroatoms. The third kappa shape index (κ3) is 4.29. The number of aliphatic hydroxyl groups is 3. The molecular formula is C30H35F3N2O7. The van der Waals surface area contributed by atoms with E-state index in [1.54, 1.807) is 11.8 Å². The quantitative estimate of drug-likeness (QED) is 0.312. The summed E-state index contributed by atoms with van der Waals surface area (Å²) in [5, 5.41) is 48.3. The van der Waals surface area contributed by atoms with Crippen LogP contribution in [0.25, 0.3) is 5.76 Å². The van der Waals surface area contributed by atoms with Crippen molar-refractivity contribution in [3.05, 3.63) is 45.2 Å². The number of aliphatic hydroxyl groups excluding tert-OH is 2. The molecular weight excluding hydrogens is 557 g/mol. The lowest BCUT2D eigenvalue weighted by Gasteiger charge is -2.51. The average molecular weight is 593 g/mol. The molecule has 3 aliphatic carbocycles. The summed E-state index contributed by atoms with van der Waals surface area (Å²) in [5.41, 5.74) is -6.00. The van der Waals surface area contributed by atoms with Crippen LogP contribution in [-0.2, 0) is 27.0 Å². The number of nitrogens with zero attached hydrogens (tertiary/aromatic N) is 1. The Morgan fingerprint density at radius 2 is 1.88 bits per heavy atom. The molecule has 0 aromatic heterocycles. The number of halogens is 3. The second-order valence-corrected chi connectivity index (χ2v) is 11.7. The highest BCUT2D eigenvalue weighted by molar-refractivity contribution is 6.25. The molecule has 1 aliphatic heterocycles. The van der Waals surface area contributed by atoms with Crippen LogP contribution in [-0.4, -0.2) is 74.0 Å². The molecule has 1 aromatic carbocycles. The monoisotopic (exact) mass is 592 g/mol. The van der Waals surface area contributed by atoms with Gasteiger partial charge in [0.05, 0.1) is 17.2 Å². The van der Waals surface area contributed by atoms with Gasteiger partial charge < -0.3 is 25.7 Å². The van der Waals surface area contributed by atoms with Crippen LogP contribution in [0.3, 0.4) is 0 Å². The number of Topliss-reactive ketones (excluding diaryl/α,β-unsaturated/α-hetero) is 3. The van der Waals surface area contributed by atoms with E-state index in [0.717, 1.165) is 13.0 Å². The van der Waals surface area contributed by atoms with Gasteiger partial charge in [0.1, 0.15) is 22.8 Å². The van der Waals surface area contributed by atoms with Crippen molar-refractivity contribution >= 4 is 23.1 Å². The lowest BCUT2D eigenvalue weighted by atomic mass is 9.57. The van der Waals surface area contributed by atoms with Crippen molar-refractivity contribution in [2.24, 2.45) is 11.8 Å². The van der Waals surface area contributed by atoms with Crippen molar-refractivity contribution in [3.8, 4) is 5.75 Å². The average Bonchev–Trinajstić information content (AvgIpc) is 3.44. The van der Waals surface area contributed by atoms with Gasteiger partial charge >= 0.3 is 6.18 Å². The van der Waals surface area contributed by atoms with Gasteiger partial charge in [-0.1, -0.05) is 13.8 Å². The summed E-state index contributed by atoms with van der Waals surface area (Å²) in [7, 11) is 0. The van der Waals surface area contributed by atoms with Crippen LogP contribution in [0.5, 0.6) is 5.75 Å². The first-order valence-electron chi connectivity index (χ1n) is 14.3. The Morgan fingerprint density at radius 3 is 2.43 bits per heavy atom. The van der Waals surface area contributed by atoms with E-state index in [1.807, 2.05) is 6.92 Å². The van der Waals surface area contributed by atoms with Crippen LogP contribution in [0.15, 0.2) is 23.0 Å². The fourth-order valence-electron chi connectivity index (χ4n) is 7.61. The number of fused-ring (bicyclic) bond motifs is 3. The van der Waals surface area contributed by atoms with Crippen LogP contribution in [0, 0.1) is 11.8 Å². The van der Waals surface area contributed by atoms with E-state index in [-0.39, 0.29) is 17.5 Å². The number of likely N-dealkylation sites (N-methyl/N-ethyl adjacent to an activating group) is 1. The molecule has 5 atom stereocenters. The van der Waals surface area contributed by atoms with Crippen LogP contribution >= 0.6 is 0 Å². The van der Waals surface area contributed by atoms with E-state index in [0.29, 0.717) is 38.9 Å². The number of benzene rings is 1. The number of hydrogen-bond donors (Lipinski definition) is 5. The molecule has 228 valence electrons. The predicted molar refractivity (Wildman–Crippen MR) is 145 cm³/mol. The first-order valence-corrected chi connectivity index (χ1v) is 14.3. The van der Waals surface area contributed by atoms with Gasteiger partial charge in [0.2, 0.25) is 5.78 Å². The largest absolute Gasteiger partial charge is 0.508 e. The van der Waals surface area contributed by atoms with Crippen LogP contribution in [0.4, 0.5) is 13.2 Å². The topological polar surface area (TPSA) is 147 Å². The maximum atomic E-state index is 14.7. The van der Waals surface area contributed by atoms with Gasteiger partial charge in [0.15, 0.2) is 17.2 Å². The zero-order valence-corrected chi connectivity index (χ0v) is 23.6. The van der Waals surface area contributed by atoms with Gasteiger partial charge in [-0.15, -0.1) is 0 Å². The van der Waals surface area contributed by atoms with E-state index in [1.165, 1.54) is 0 Å². The number of hydrogen-bond acceptors (Lipinski definition) is 9. The minimum atomic E-state index is -4.85. The highest BCUT2D eigenvalue weighted by atomic mass is 19.4. The van der Waals surface area contributed by atoms with Gasteiger partial charge in [-0.3, -0.25) is 19.3 Å². The maximum Gasteiger partial charge on any atom is 0.417 e. The summed E-state index contributed by atoms with van der Waals surface area (Å²) in [6, 6.07) is -0.923. The first-order chi connectivity index (χ1) is 19.7. The molecule has 5 N–H and O–H groups in total. The standard InChI is InChI=1S/C30H35F3N2O7/c1-4-9-35(5-2)24-17-11-14-10-16-22(19(37)12-15(18-7-6-8-34-18)23(16)30(31,32)33)25(38)21(14)28(41)29(17,42)27(40)20(13(3)36)26(24)39/h12,14,17-18,24,34,37-38,40,42H,4-11H2,1-3H3/t14-,17-,18?,24-,29+/m0/s1. The van der Waals surface area contributed by atoms with Gasteiger partial charge in [0.25, 0.3) is 0 Å². The lowest BCUT2D eigenvalue weighted by Crippen LogP contribution is -2.66. The summed E-state index contributed by atoms with van der Waals surface area (Å²) in [5.74, 6) is -7.89. The van der Waals surface area contributed by atoms with E-state index >= 15 is 0 Å². The summed E-state index contributed by atoms with van der Waals surface area (Å²) >= 11 is 0. The van der Waals surface area contributed by atoms with Crippen LogP contribution in [0.1, 0.15) is 74.8 Å². The Labute approximate surface area is 240 Å². The number of phenols is 1. The van der Waals surface area contributed by atoms with Crippen molar-refractivity contribution in [3.63, 3.8) is 0 Å². The molecule has 2 fully saturated rings. The number of aromatic hydroxyl groups is 1. The van der Waals surface area contributed by atoms with E-state index in [9.17, 15) is 48.0 Å². The normalized spacial score (nSPS) is 29.6. The zero-order valence-electron chi connectivity index (χ0n) is 23.6. The lowest BCUT2D eigenvalue weighted by molar-refractivity contribution is -0.155. The Morgan fingerprint density at radius 1 is 1.19 bits per heavy atom. The third-order valence-electron chi connectivity index (χ3n) is 9.33. The third-order valence-corrected chi connectivity index (χ3v) is 9.33. The molecule has 1 unspecified atom stereocenters. The van der Waals surface area contributed by atoms with E-state index in [4.69, 9.17) is 0 Å². The predicted octanol–water partition coefficient (Wildman–Crippen LogP) is 3.68. The fourth-order valence-corrected chi connectivity index (χ4v) is 7.61. The van der Waals surface area contributed by atoms with Crippen LogP contribution in [0.2, 0.25) is 0 Å². The van der Waals surface area contributed by atoms with Crippen molar-refractivity contribution < 1.29 is 48.0 Å². The van der Waals surface area contributed by atoms with Gasteiger partial charge in [0, 0.05) is 17.5 Å². The number of ketones is 3. The minimum absolute atomic E-state index is 0.149. The number of nitrogens with one attached hydrogen (secondary N) is 1. The van der Waals surface area contributed by atoms with Crippen molar-refractivity contribution in [2.45, 2.75) is 76.7 Å². The molecule has 4 aliphatic rings. The number of rotatable bonds is 6. The Kier molecular flexibility index (Phi) is 7.56. The second kappa shape index (κ2) is 10.5. The number of phenolic OH excluding ortho intramolecular Hbond substituents is 1. The number of carbonyl (C=O) groups excluding carboxylic acids is 3. The summed E-state index contributed by atoms with van der Waals surface area (Å²) in [6.45, 7) is 5.78. The maximum absolute atomic E-state index is 14.7. The van der Waals surface area contributed by atoms with Crippen LogP contribution < -0.4 is 5.32 Å². The smallest absolute Gasteiger partial charge is 0.417 e. The molecule has 42 heavy (non-hydrogen) atoms. The van der Waals surface area contributed by atoms with Gasteiger partial charge in [-0.05, 0) is 81.8 Å². The molecule has 0 spiro atoms. The molecule has 1 saturated carbocycles. The van der Waals surface area contributed by atoms with Crippen molar-refractivity contribution in [1.29, 1.82) is 0 Å². The molecule has 9 nitrogen and oxygen atoms in total. The Bertz CT molecular complexity index is 1430. The summed E-state index contributed by atoms with van der Waals surface area (Å²) in [6.07, 6.45) is -3.85. The SMILES string of the molecule is CCCN(CC)[C@@H]1C(=O)C(C(C)=O)=C(O)[C@@]2(O)C(=O)C3=C(O)c4c(O)cc(C5CCCN5)c(C(F)(F)F)c4C[C@H]3C[C@@H]12. The Balaban J connectivity index is 1.75. The Hall–Kier alpha value is -3.22. The molecule has 1 saturated heterocycles. The van der Waals surface area contributed by atoms with E-state index in [2.05, 4.69) is 5.32 Å². The first kappa shape index (κ1) is 30.2. The second-order valence-electron chi connectivity index (χ2n) is 11.7. The molecule has 5 rings (SSSR count). The van der Waals surface area contributed by atoms with Gasteiger partial charge in [-0.25, -0.2) is 0 Å². The van der Waals surface area contributed by atoms with Crippen molar-refractivity contribution in [1.82, 2.24) is 10.2 Å². The van der Waals surface area contributed by atoms with Crippen molar-refractivity contribution in [2.75, 3.05) is 19.6 Å². The van der Waals surface area contributed by atoms with Gasteiger partial charge in [-0.2, -0.15) is 13.2 Å². The molecule has 1 heterocycles. The summed E-state index contributed by atoms with van der Waals surface area (Å²) in [4.78, 5) is 41.9. The highest BCUT2D eigenvalue weighted by Crippen LogP contribution is 2.55. The zero-order chi connectivity index (χ0) is 30.9. The highest BCUT2D eigenvalue weighted by Gasteiger charge is 2.64. The molecule has 0 bridgehead atoms. The fraction of sp³-hybridized carbons (Fsp3) is 0.567.